The van der Waals surface area contributed by atoms with E-state index in [1.807, 2.05) is 12.1 Å². The second-order valence-electron chi connectivity index (χ2n) is 4.68. The molecule has 2 rings (SSSR count). The molecule has 0 radical (unpaired) electrons. The molecule has 2 N–H and O–H groups in total. The average molecular weight is 266 g/mol. The molecule has 0 atom stereocenters. The van der Waals surface area contributed by atoms with Crippen molar-refractivity contribution >= 4 is 11.4 Å². The fraction of sp³-hybridized carbons (Fsp3) is 0.571. The lowest BCUT2D eigenvalue weighted by atomic mass is 10.2. The van der Waals surface area contributed by atoms with E-state index in [4.69, 9.17) is 19.9 Å². The van der Waals surface area contributed by atoms with Crippen molar-refractivity contribution in [3.05, 3.63) is 12.1 Å². The van der Waals surface area contributed by atoms with Gasteiger partial charge >= 0.3 is 0 Å². The zero-order valence-electron chi connectivity index (χ0n) is 11.8. The lowest BCUT2D eigenvalue weighted by Gasteiger charge is -2.26. The number of rotatable bonds is 7. The normalized spacial score (nSPS) is 14.3. The number of nitrogens with zero attached hydrogens (tertiary/aromatic N) is 1. The standard InChI is InChI=1S/C14H22N2O3/c1-17-7-6-16(10-4-5-10)12-9-14(19-3)13(18-2)8-11(12)15/h8-10H,4-7,15H2,1-3H3. The van der Waals surface area contributed by atoms with Gasteiger partial charge < -0.3 is 24.8 Å². The van der Waals surface area contributed by atoms with Gasteiger partial charge in [-0.3, -0.25) is 0 Å². The third-order valence-corrected chi connectivity index (χ3v) is 3.37. The Balaban J connectivity index is 2.30. The minimum Gasteiger partial charge on any atom is -0.493 e. The molecule has 0 unspecified atom stereocenters. The Kier molecular flexibility index (Phi) is 4.37. The Morgan fingerprint density at radius 2 is 1.79 bits per heavy atom. The van der Waals surface area contributed by atoms with Gasteiger partial charge in [0.1, 0.15) is 0 Å². The van der Waals surface area contributed by atoms with Gasteiger partial charge in [-0.05, 0) is 12.8 Å². The molecule has 0 saturated heterocycles. The molecule has 0 amide bonds. The fourth-order valence-corrected chi connectivity index (χ4v) is 2.21. The first-order valence-corrected chi connectivity index (χ1v) is 6.48. The molecule has 1 aromatic rings. The monoisotopic (exact) mass is 266 g/mol. The zero-order chi connectivity index (χ0) is 13.8. The molecule has 0 aliphatic heterocycles. The fourth-order valence-electron chi connectivity index (χ4n) is 2.21. The van der Waals surface area contributed by atoms with Gasteiger partial charge in [-0.1, -0.05) is 0 Å². The van der Waals surface area contributed by atoms with Crippen molar-refractivity contribution in [2.45, 2.75) is 18.9 Å². The Morgan fingerprint density at radius 1 is 1.16 bits per heavy atom. The molecule has 1 fully saturated rings. The molecule has 0 bridgehead atoms. The highest BCUT2D eigenvalue weighted by atomic mass is 16.5. The van der Waals surface area contributed by atoms with Crippen LogP contribution in [-0.4, -0.2) is 40.5 Å². The van der Waals surface area contributed by atoms with Crippen LogP contribution in [0.5, 0.6) is 11.5 Å². The van der Waals surface area contributed by atoms with Gasteiger partial charge in [-0.2, -0.15) is 0 Å². The van der Waals surface area contributed by atoms with E-state index < -0.39 is 0 Å². The first-order chi connectivity index (χ1) is 9.21. The van der Waals surface area contributed by atoms with E-state index >= 15 is 0 Å². The summed E-state index contributed by atoms with van der Waals surface area (Å²) in [5, 5.41) is 0. The summed E-state index contributed by atoms with van der Waals surface area (Å²) in [4.78, 5) is 2.29. The zero-order valence-corrected chi connectivity index (χ0v) is 11.8. The number of anilines is 2. The largest absolute Gasteiger partial charge is 0.493 e. The van der Waals surface area contributed by atoms with Gasteiger partial charge in [0.2, 0.25) is 0 Å². The maximum Gasteiger partial charge on any atom is 0.162 e. The number of ether oxygens (including phenoxy) is 3. The summed E-state index contributed by atoms with van der Waals surface area (Å²) in [5.74, 6) is 1.36. The van der Waals surface area contributed by atoms with Gasteiger partial charge in [0.25, 0.3) is 0 Å². The van der Waals surface area contributed by atoms with Gasteiger partial charge in [-0.15, -0.1) is 0 Å². The highest BCUT2D eigenvalue weighted by Crippen LogP contribution is 2.40. The molecule has 106 valence electrons. The number of benzene rings is 1. The highest BCUT2D eigenvalue weighted by Gasteiger charge is 2.30. The van der Waals surface area contributed by atoms with Crippen molar-refractivity contribution in [3.63, 3.8) is 0 Å². The Bertz CT molecular complexity index is 433. The second-order valence-corrected chi connectivity index (χ2v) is 4.68. The van der Waals surface area contributed by atoms with Gasteiger partial charge in [0, 0.05) is 31.8 Å². The van der Waals surface area contributed by atoms with Crippen molar-refractivity contribution in [2.75, 3.05) is 45.1 Å². The predicted molar refractivity (Wildman–Crippen MR) is 76.2 cm³/mol. The van der Waals surface area contributed by atoms with Crippen LogP contribution in [0.3, 0.4) is 0 Å². The van der Waals surface area contributed by atoms with Crippen molar-refractivity contribution in [1.82, 2.24) is 0 Å². The van der Waals surface area contributed by atoms with Crippen LogP contribution < -0.4 is 20.1 Å². The molecule has 0 aromatic heterocycles. The third-order valence-electron chi connectivity index (χ3n) is 3.37. The lowest BCUT2D eigenvalue weighted by molar-refractivity contribution is 0.205. The van der Waals surface area contributed by atoms with E-state index in [9.17, 15) is 0 Å². The summed E-state index contributed by atoms with van der Waals surface area (Å²) in [6, 6.07) is 4.33. The molecule has 1 aliphatic rings. The summed E-state index contributed by atoms with van der Waals surface area (Å²) in [7, 11) is 4.96. The van der Waals surface area contributed by atoms with Crippen LogP contribution in [0.2, 0.25) is 0 Å². The minimum absolute atomic E-state index is 0.565. The van der Waals surface area contributed by atoms with E-state index in [0.29, 0.717) is 29.8 Å². The van der Waals surface area contributed by atoms with Crippen LogP contribution in [0.1, 0.15) is 12.8 Å². The number of methoxy groups -OCH3 is 3. The van der Waals surface area contributed by atoms with Crippen LogP contribution in [-0.2, 0) is 4.74 Å². The van der Waals surface area contributed by atoms with Crippen LogP contribution in [0, 0.1) is 0 Å². The molecule has 1 aliphatic carbocycles. The summed E-state index contributed by atoms with van der Waals surface area (Å²) >= 11 is 0. The van der Waals surface area contributed by atoms with Crippen molar-refractivity contribution in [2.24, 2.45) is 0 Å². The van der Waals surface area contributed by atoms with Gasteiger partial charge in [-0.25, -0.2) is 0 Å². The van der Waals surface area contributed by atoms with E-state index in [1.54, 1.807) is 21.3 Å². The molecule has 1 aromatic carbocycles. The Hall–Kier alpha value is -1.62. The van der Waals surface area contributed by atoms with E-state index in [0.717, 1.165) is 12.2 Å². The molecule has 1 saturated carbocycles. The van der Waals surface area contributed by atoms with Crippen LogP contribution in [0.4, 0.5) is 11.4 Å². The quantitative estimate of drug-likeness (QED) is 0.764. The molecule has 5 nitrogen and oxygen atoms in total. The summed E-state index contributed by atoms with van der Waals surface area (Å²) in [6.45, 7) is 1.52. The average Bonchev–Trinajstić information content (AvgIpc) is 3.24. The maximum atomic E-state index is 6.14. The Labute approximate surface area is 114 Å². The first kappa shape index (κ1) is 13.8. The van der Waals surface area contributed by atoms with Gasteiger partial charge in [0.05, 0.1) is 32.2 Å². The maximum absolute atomic E-state index is 6.14. The second kappa shape index (κ2) is 6.02. The van der Waals surface area contributed by atoms with E-state index in [-0.39, 0.29) is 0 Å². The number of nitrogens with two attached hydrogens (primary N) is 1. The molecule has 5 heteroatoms. The molecule has 0 heterocycles. The van der Waals surface area contributed by atoms with Crippen molar-refractivity contribution < 1.29 is 14.2 Å². The van der Waals surface area contributed by atoms with E-state index in [2.05, 4.69) is 4.90 Å². The molecular weight excluding hydrogens is 244 g/mol. The van der Waals surface area contributed by atoms with Crippen molar-refractivity contribution in [3.8, 4) is 11.5 Å². The number of nitrogen functional groups attached to an aromatic ring is 1. The van der Waals surface area contributed by atoms with Crippen LogP contribution >= 0.6 is 0 Å². The lowest BCUT2D eigenvalue weighted by Crippen LogP contribution is -2.30. The van der Waals surface area contributed by atoms with E-state index in [1.165, 1.54) is 12.8 Å². The highest BCUT2D eigenvalue weighted by molar-refractivity contribution is 5.73. The Morgan fingerprint density at radius 3 is 2.32 bits per heavy atom. The smallest absolute Gasteiger partial charge is 0.162 e. The molecular formula is C14H22N2O3. The molecule has 19 heavy (non-hydrogen) atoms. The predicted octanol–water partition coefficient (Wildman–Crippen LogP) is 1.90. The minimum atomic E-state index is 0.565. The van der Waals surface area contributed by atoms with Crippen molar-refractivity contribution in [1.29, 1.82) is 0 Å². The number of hydrogen-bond donors (Lipinski definition) is 1. The van der Waals surface area contributed by atoms with Crippen LogP contribution in [0.25, 0.3) is 0 Å². The summed E-state index contributed by atoms with van der Waals surface area (Å²) in [6.07, 6.45) is 2.41. The SMILES string of the molecule is COCCN(c1cc(OC)c(OC)cc1N)C1CC1. The topological polar surface area (TPSA) is 57.0 Å². The summed E-state index contributed by atoms with van der Waals surface area (Å²) < 4.78 is 15.8. The molecule has 0 spiro atoms. The summed E-state index contributed by atoms with van der Waals surface area (Å²) in [5.41, 5.74) is 7.85. The van der Waals surface area contributed by atoms with Gasteiger partial charge in [0.15, 0.2) is 11.5 Å². The third kappa shape index (κ3) is 3.04. The number of hydrogen-bond acceptors (Lipinski definition) is 5. The first-order valence-electron chi connectivity index (χ1n) is 6.48. The van der Waals surface area contributed by atoms with Crippen LogP contribution in [0.15, 0.2) is 12.1 Å².